The van der Waals surface area contributed by atoms with E-state index in [9.17, 15) is 4.79 Å². The molecular weight excluding hydrogens is 324 g/mol. The van der Waals surface area contributed by atoms with Crippen LogP contribution in [0.1, 0.15) is 5.56 Å². The van der Waals surface area contributed by atoms with Crippen LogP contribution in [-0.4, -0.2) is 13.1 Å². The minimum absolute atomic E-state index is 0.192. The maximum atomic E-state index is 12.6. The quantitative estimate of drug-likeness (QED) is 0.594. The lowest BCUT2D eigenvalue weighted by Gasteiger charge is -2.19. The number of amides is 2. The van der Waals surface area contributed by atoms with E-state index in [-0.39, 0.29) is 6.03 Å². The lowest BCUT2D eigenvalue weighted by Crippen LogP contribution is -2.31. The first kappa shape index (κ1) is 17.4. The van der Waals surface area contributed by atoms with Gasteiger partial charge in [-0.05, 0) is 35.9 Å². The molecule has 0 spiro atoms. The van der Waals surface area contributed by atoms with E-state index in [1.165, 1.54) is 0 Å². The Morgan fingerprint density at radius 2 is 1.50 bits per heavy atom. The van der Waals surface area contributed by atoms with Gasteiger partial charge in [0.2, 0.25) is 0 Å². The van der Waals surface area contributed by atoms with Gasteiger partial charge in [0.15, 0.2) is 0 Å². The normalized spacial score (nSPS) is 10.2. The zero-order valence-corrected chi connectivity index (χ0v) is 14.6. The monoisotopic (exact) mass is 346 g/mol. The number of anilines is 4. The van der Waals surface area contributed by atoms with Crippen LogP contribution in [0.15, 0.2) is 78.9 Å². The highest BCUT2D eigenvalue weighted by molar-refractivity contribution is 6.01. The first-order valence-corrected chi connectivity index (χ1v) is 8.41. The third-order valence-electron chi connectivity index (χ3n) is 4.14. The molecule has 0 saturated carbocycles. The molecule has 0 saturated heterocycles. The first-order chi connectivity index (χ1) is 12.6. The van der Waals surface area contributed by atoms with Gasteiger partial charge in [0, 0.05) is 25.0 Å². The van der Waals surface area contributed by atoms with Crippen molar-refractivity contribution in [2.45, 2.75) is 6.54 Å². The molecule has 0 aliphatic rings. The van der Waals surface area contributed by atoms with Gasteiger partial charge < -0.3 is 16.4 Å². The van der Waals surface area contributed by atoms with E-state index in [1.807, 2.05) is 78.9 Å². The largest absolute Gasteiger partial charge is 0.397 e. The second-order valence-electron chi connectivity index (χ2n) is 5.92. The van der Waals surface area contributed by atoms with E-state index in [2.05, 4.69) is 10.6 Å². The summed E-state index contributed by atoms with van der Waals surface area (Å²) >= 11 is 0. The number of urea groups is 1. The average molecular weight is 346 g/mol. The second kappa shape index (κ2) is 8.07. The number of carbonyl (C=O) groups is 1. The highest BCUT2D eigenvalue weighted by Gasteiger charge is 2.12. The lowest BCUT2D eigenvalue weighted by molar-refractivity contribution is 0.258. The number of nitrogens with two attached hydrogens (primary N) is 1. The van der Waals surface area contributed by atoms with Gasteiger partial charge in [0.25, 0.3) is 0 Å². The van der Waals surface area contributed by atoms with Crippen molar-refractivity contribution in [2.24, 2.45) is 0 Å². The van der Waals surface area contributed by atoms with Crippen LogP contribution in [0, 0.1) is 0 Å². The van der Waals surface area contributed by atoms with Crippen LogP contribution in [0.3, 0.4) is 0 Å². The van der Waals surface area contributed by atoms with Crippen LogP contribution < -0.4 is 21.3 Å². The summed E-state index contributed by atoms with van der Waals surface area (Å²) < 4.78 is 0. The molecule has 3 rings (SSSR count). The summed E-state index contributed by atoms with van der Waals surface area (Å²) in [6, 6.07) is 24.7. The molecule has 0 fully saturated rings. The molecule has 0 heterocycles. The highest BCUT2D eigenvalue weighted by atomic mass is 16.2. The van der Waals surface area contributed by atoms with Crippen molar-refractivity contribution < 1.29 is 4.79 Å². The van der Waals surface area contributed by atoms with Crippen LogP contribution in [0.4, 0.5) is 27.5 Å². The molecule has 5 nitrogen and oxygen atoms in total. The van der Waals surface area contributed by atoms with Gasteiger partial charge in [-0.3, -0.25) is 4.90 Å². The Morgan fingerprint density at radius 3 is 2.23 bits per heavy atom. The number of para-hydroxylation sites is 4. The fourth-order valence-electron chi connectivity index (χ4n) is 2.61. The van der Waals surface area contributed by atoms with Gasteiger partial charge in [0.05, 0.1) is 11.4 Å². The maximum Gasteiger partial charge on any atom is 0.326 e. The Balaban J connectivity index is 1.71. The van der Waals surface area contributed by atoms with Crippen LogP contribution in [0.25, 0.3) is 0 Å². The van der Waals surface area contributed by atoms with Gasteiger partial charge in [0.1, 0.15) is 0 Å². The smallest absolute Gasteiger partial charge is 0.326 e. The van der Waals surface area contributed by atoms with Crippen molar-refractivity contribution in [3.05, 3.63) is 84.4 Å². The van der Waals surface area contributed by atoms with Crippen LogP contribution >= 0.6 is 0 Å². The number of rotatable bonds is 5. The van der Waals surface area contributed by atoms with Gasteiger partial charge in [-0.2, -0.15) is 0 Å². The van der Waals surface area contributed by atoms with Crippen molar-refractivity contribution in [3.63, 3.8) is 0 Å². The molecular formula is C21H22N4O. The van der Waals surface area contributed by atoms with Gasteiger partial charge in [-0.15, -0.1) is 0 Å². The first-order valence-electron chi connectivity index (χ1n) is 8.41. The number of hydrogen-bond donors (Lipinski definition) is 3. The molecule has 26 heavy (non-hydrogen) atoms. The molecule has 4 N–H and O–H groups in total. The minimum atomic E-state index is -0.192. The molecule has 5 heteroatoms. The molecule has 0 atom stereocenters. The molecule has 0 radical (unpaired) electrons. The van der Waals surface area contributed by atoms with Gasteiger partial charge in [-0.25, -0.2) is 4.79 Å². The van der Waals surface area contributed by atoms with E-state index in [0.717, 1.165) is 22.6 Å². The van der Waals surface area contributed by atoms with Crippen LogP contribution in [-0.2, 0) is 6.54 Å². The van der Waals surface area contributed by atoms with Gasteiger partial charge in [-0.1, -0.05) is 48.5 Å². The highest BCUT2D eigenvalue weighted by Crippen LogP contribution is 2.21. The number of benzene rings is 3. The predicted molar refractivity (Wildman–Crippen MR) is 108 cm³/mol. The summed E-state index contributed by atoms with van der Waals surface area (Å²) in [5.41, 5.74) is 10.1. The fraction of sp³-hybridized carbons (Fsp3) is 0.0952. The molecule has 132 valence electrons. The van der Waals surface area contributed by atoms with Crippen LogP contribution in [0.2, 0.25) is 0 Å². The summed E-state index contributed by atoms with van der Waals surface area (Å²) in [5, 5.41) is 6.29. The Kier molecular flexibility index (Phi) is 5.39. The molecule has 0 aliphatic carbocycles. The molecule has 3 aromatic rings. The number of nitrogens with zero attached hydrogens (tertiary/aromatic N) is 1. The average Bonchev–Trinajstić information content (AvgIpc) is 2.68. The zero-order chi connectivity index (χ0) is 18.4. The van der Waals surface area contributed by atoms with E-state index in [1.54, 1.807) is 11.9 Å². The standard InChI is InChI=1S/C21H22N4O/c1-25(17-10-3-2-4-11-17)21(26)24-19-13-7-5-9-16(19)15-23-20-14-8-6-12-18(20)22/h2-14,23H,15,22H2,1H3,(H,24,26). The maximum absolute atomic E-state index is 12.6. The molecule has 3 aromatic carbocycles. The minimum Gasteiger partial charge on any atom is -0.397 e. The number of nitrogens with one attached hydrogen (secondary N) is 2. The van der Waals surface area contributed by atoms with Gasteiger partial charge >= 0.3 is 6.03 Å². The molecule has 0 aromatic heterocycles. The summed E-state index contributed by atoms with van der Waals surface area (Å²) in [7, 11) is 1.75. The second-order valence-corrected chi connectivity index (χ2v) is 5.92. The van der Waals surface area contributed by atoms with Crippen LogP contribution in [0.5, 0.6) is 0 Å². The predicted octanol–water partition coefficient (Wildman–Crippen LogP) is 4.55. The zero-order valence-electron chi connectivity index (χ0n) is 14.6. The summed E-state index contributed by atoms with van der Waals surface area (Å²) in [5.74, 6) is 0. The number of nitrogen functional groups attached to an aromatic ring is 1. The Labute approximate surface area is 153 Å². The van der Waals surface area contributed by atoms with Crippen molar-refractivity contribution in [1.82, 2.24) is 0 Å². The summed E-state index contributed by atoms with van der Waals surface area (Å²) in [6.07, 6.45) is 0. The Bertz CT molecular complexity index is 880. The number of hydrogen-bond acceptors (Lipinski definition) is 3. The molecule has 0 aliphatic heterocycles. The third kappa shape index (κ3) is 4.13. The lowest BCUT2D eigenvalue weighted by atomic mass is 10.1. The van der Waals surface area contributed by atoms with Crippen molar-refractivity contribution in [3.8, 4) is 0 Å². The summed E-state index contributed by atoms with van der Waals surface area (Å²) in [6.45, 7) is 0.555. The van der Waals surface area contributed by atoms with Crippen molar-refractivity contribution >= 4 is 28.8 Å². The van der Waals surface area contributed by atoms with E-state index < -0.39 is 0 Å². The SMILES string of the molecule is CN(C(=O)Nc1ccccc1CNc1ccccc1N)c1ccccc1. The Hall–Kier alpha value is -3.47. The fourth-order valence-corrected chi connectivity index (χ4v) is 2.61. The van der Waals surface area contributed by atoms with Crippen molar-refractivity contribution in [1.29, 1.82) is 0 Å². The Morgan fingerprint density at radius 1 is 0.885 bits per heavy atom. The van der Waals surface area contributed by atoms with E-state index in [0.29, 0.717) is 12.2 Å². The summed E-state index contributed by atoms with van der Waals surface area (Å²) in [4.78, 5) is 14.2. The number of carbonyl (C=O) groups excluding carboxylic acids is 1. The molecule has 0 bridgehead atoms. The third-order valence-corrected chi connectivity index (χ3v) is 4.14. The topological polar surface area (TPSA) is 70.4 Å². The molecule has 2 amide bonds. The van der Waals surface area contributed by atoms with E-state index >= 15 is 0 Å². The molecule has 0 unspecified atom stereocenters. The van der Waals surface area contributed by atoms with E-state index in [4.69, 9.17) is 5.73 Å². The van der Waals surface area contributed by atoms with Crippen molar-refractivity contribution in [2.75, 3.05) is 28.3 Å².